The van der Waals surface area contributed by atoms with Crippen LogP contribution in [0.5, 0.6) is 0 Å². The molecule has 1 aliphatic rings. The number of hydrogen-bond acceptors (Lipinski definition) is 6. The summed E-state index contributed by atoms with van der Waals surface area (Å²) in [5.41, 5.74) is 1.52. The van der Waals surface area contributed by atoms with Gasteiger partial charge in [0.15, 0.2) is 5.16 Å². The van der Waals surface area contributed by atoms with Crippen LogP contribution >= 0.6 is 11.8 Å². The van der Waals surface area contributed by atoms with Gasteiger partial charge < -0.3 is 10.1 Å². The molecule has 168 valence electrons. The molecule has 1 aliphatic carbocycles. The van der Waals surface area contributed by atoms with E-state index in [9.17, 15) is 9.59 Å². The molecule has 1 aromatic carbocycles. The van der Waals surface area contributed by atoms with Crippen molar-refractivity contribution in [3.63, 3.8) is 0 Å². The molecular formula is C23H32N4O3S. The van der Waals surface area contributed by atoms with Crippen molar-refractivity contribution in [2.24, 2.45) is 17.8 Å². The quantitative estimate of drug-likeness (QED) is 0.495. The Hall–Kier alpha value is -2.35. The first-order valence-electron chi connectivity index (χ1n) is 10.9. The fourth-order valence-electron chi connectivity index (χ4n) is 4.24. The third-order valence-corrected chi connectivity index (χ3v) is 6.69. The van der Waals surface area contributed by atoms with Gasteiger partial charge in [0.1, 0.15) is 11.9 Å². The van der Waals surface area contributed by atoms with Gasteiger partial charge in [0.2, 0.25) is 5.91 Å². The Labute approximate surface area is 188 Å². The predicted octanol–water partition coefficient (Wildman–Crippen LogP) is 4.63. The molecule has 1 N–H and O–H groups in total. The van der Waals surface area contributed by atoms with Gasteiger partial charge in [0.25, 0.3) is 0 Å². The summed E-state index contributed by atoms with van der Waals surface area (Å²) >= 11 is 1.32. The van der Waals surface area contributed by atoms with Gasteiger partial charge in [-0.05, 0) is 55.7 Å². The molecule has 0 spiro atoms. The first-order valence-corrected chi connectivity index (χ1v) is 11.9. The summed E-state index contributed by atoms with van der Waals surface area (Å²) in [7, 11) is 0. The molecule has 3 unspecified atom stereocenters. The van der Waals surface area contributed by atoms with Gasteiger partial charge in [0.05, 0.1) is 11.4 Å². The zero-order valence-electron chi connectivity index (χ0n) is 18.9. The largest absolute Gasteiger partial charge is 0.461 e. The third kappa shape index (κ3) is 6.09. The molecule has 31 heavy (non-hydrogen) atoms. The average molecular weight is 445 g/mol. The van der Waals surface area contributed by atoms with Crippen LogP contribution in [0, 0.1) is 24.7 Å². The lowest BCUT2D eigenvalue weighted by Crippen LogP contribution is -2.36. The van der Waals surface area contributed by atoms with Crippen molar-refractivity contribution in [2.75, 3.05) is 11.1 Å². The highest BCUT2D eigenvalue weighted by molar-refractivity contribution is 7.99. The van der Waals surface area contributed by atoms with Crippen LogP contribution in [0.25, 0.3) is 5.69 Å². The van der Waals surface area contributed by atoms with Crippen molar-refractivity contribution in [3.05, 3.63) is 30.1 Å². The smallest absolute Gasteiger partial charge is 0.316 e. The first-order chi connectivity index (χ1) is 14.7. The van der Waals surface area contributed by atoms with Crippen LogP contribution in [0.2, 0.25) is 0 Å². The number of amides is 1. The Morgan fingerprint density at radius 2 is 2.06 bits per heavy atom. The number of aromatic nitrogens is 3. The van der Waals surface area contributed by atoms with Gasteiger partial charge in [-0.15, -0.1) is 10.2 Å². The second kappa shape index (κ2) is 10.3. The monoisotopic (exact) mass is 444 g/mol. The van der Waals surface area contributed by atoms with Crippen molar-refractivity contribution in [3.8, 4) is 5.69 Å². The molecule has 1 aromatic heterocycles. The van der Waals surface area contributed by atoms with Crippen LogP contribution < -0.4 is 5.32 Å². The van der Waals surface area contributed by atoms with E-state index in [0.29, 0.717) is 34.4 Å². The van der Waals surface area contributed by atoms with Crippen molar-refractivity contribution in [2.45, 2.75) is 65.1 Å². The molecule has 3 rings (SSSR count). The normalized spacial score (nSPS) is 21.2. The summed E-state index contributed by atoms with van der Waals surface area (Å²) in [6.07, 6.45) is 3.24. The molecule has 1 saturated carbocycles. The van der Waals surface area contributed by atoms with Gasteiger partial charge in [0, 0.05) is 12.6 Å². The van der Waals surface area contributed by atoms with Gasteiger partial charge in [-0.1, -0.05) is 45.0 Å². The first kappa shape index (κ1) is 23.3. The summed E-state index contributed by atoms with van der Waals surface area (Å²) in [5, 5.41) is 11.8. The summed E-state index contributed by atoms with van der Waals surface area (Å²) < 4.78 is 7.79. The minimum atomic E-state index is -0.214. The van der Waals surface area contributed by atoms with E-state index in [4.69, 9.17) is 4.74 Å². The van der Waals surface area contributed by atoms with Gasteiger partial charge in [-0.3, -0.25) is 14.2 Å². The number of rotatable bonds is 7. The number of nitrogens with one attached hydrogen (secondary N) is 1. The average Bonchev–Trinajstić information content (AvgIpc) is 3.06. The highest BCUT2D eigenvalue weighted by atomic mass is 32.2. The number of esters is 1. The van der Waals surface area contributed by atoms with Gasteiger partial charge in [-0.2, -0.15) is 0 Å². The fourth-order valence-corrected chi connectivity index (χ4v) is 5.02. The van der Waals surface area contributed by atoms with E-state index in [-0.39, 0.29) is 23.7 Å². The van der Waals surface area contributed by atoms with Crippen molar-refractivity contribution in [1.29, 1.82) is 0 Å². The standard InChI is InChI=1S/C23H32N4O3S/c1-14(2)20-10-9-15(3)11-21(20)30-22(29)13-31-23-26-25-16(4)27(23)19-8-6-7-18(12-19)24-17(5)28/h6-8,12,14-15,20-21H,9-11,13H2,1-5H3,(H,24,28). The molecular weight excluding hydrogens is 412 g/mol. The second-order valence-corrected chi connectivity index (χ2v) is 9.68. The Balaban J connectivity index is 1.68. The van der Waals surface area contributed by atoms with Gasteiger partial charge in [-0.25, -0.2) is 0 Å². The second-order valence-electron chi connectivity index (χ2n) is 8.74. The maximum Gasteiger partial charge on any atom is 0.316 e. The van der Waals surface area contributed by atoms with E-state index in [0.717, 1.165) is 18.5 Å². The summed E-state index contributed by atoms with van der Waals surface area (Å²) in [4.78, 5) is 24.0. The molecule has 0 aliphatic heterocycles. The van der Waals surface area contributed by atoms with Crippen LogP contribution in [-0.4, -0.2) is 38.5 Å². The van der Waals surface area contributed by atoms with Crippen LogP contribution in [0.1, 0.15) is 52.8 Å². The topological polar surface area (TPSA) is 86.1 Å². The van der Waals surface area contributed by atoms with Gasteiger partial charge >= 0.3 is 5.97 Å². The Kier molecular flexibility index (Phi) is 7.75. The highest BCUT2D eigenvalue weighted by Crippen LogP contribution is 2.35. The maximum atomic E-state index is 12.6. The molecule has 0 bridgehead atoms. The Morgan fingerprint density at radius 1 is 1.29 bits per heavy atom. The number of aryl methyl sites for hydroxylation is 1. The van der Waals surface area contributed by atoms with E-state index in [2.05, 4.69) is 36.3 Å². The molecule has 2 aromatic rings. The number of hydrogen-bond donors (Lipinski definition) is 1. The molecule has 8 heteroatoms. The Morgan fingerprint density at radius 3 is 2.77 bits per heavy atom. The van der Waals surface area contributed by atoms with Crippen LogP contribution in [0.3, 0.4) is 0 Å². The van der Waals surface area contributed by atoms with E-state index in [1.165, 1.54) is 25.1 Å². The van der Waals surface area contributed by atoms with Crippen molar-refractivity contribution >= 4 is 29.3 Å². The highest BCUT2D eigenvalue weighted by Gasteiger charge is 2.33. The molecule has 7 nitrogen and oxygen atoms in total. The number of nitrogens with zero attached hydrogens (tertiary/aromatic N) is 3. The molecule has 1 fully saturated rings. The lowest BCUT2D eigenvalue weighted by atomic mass is 9.75. The summed E-state index contributed by atoms with van der Waals surface area (Å²) in [6.45, 7) is 9.97. The Bertz CT molecular complexity index is 927. The number of ether oxygens (including phenoxy) is 1. The predicted molar refractivity (Wildman–Crippen MR) is 122 cm³/mol. The van der Waals surface area contributed by atoms with E-state index >= 15 is 0 Å². The summed E-state index contributed by atoms with van der Waals surface area (Å²) in [6, 6.07) is 7.46. The summed E-state index contributed by atoms with van der Waals surface area (Å²) in [5.74, 6) is 2.05. The number of benzene rings is 1. The number of thioether (sulfide) groups is 1. The molecule has 0 saturated heterocycles. The lowest BCUT2D eigenvalue weighted by Gasteiger charge is -2.36. The van der Waals surface area contributed by atoms with Crippen LogP contribution in [0.15, 0.2) is 29.4 Å². The van der Waals surface area contributed by atoms with E-state index in [1.807, 2.05) is 35.8 Å². The zero-order valence-corrected chi connectivity index (χ0v) is 19.7. The van der Waals surface area contributed by atoms with Crippen LogP contribution in [0.4, 0.5) is 5.69 Å². The molecule has 1 amide bonds. The van der Waals surface area contributed by atoms with Crippen molar-refractivity contribution < 1.29 is 14.3 Å². The number of anilines is 1. The molecule has 0 radical (unpaired) electrons. The number of carbonyl (C=O) groups excluding carboxylic acids is 2. The van der Waals surface area contributed by atoms with E-state index < -0.39 is 0 Å². The fraction of sp³-hybridized carbons (Fsp3) is 0.565. The minimum absolute atomic E-state index is 0.00853. The lowest BCUT2D eigenvalue weighted by molar-refractivity contribution is -0.152. The minimum Gasteiger partial charge on any atom is -0.461 e. The number of carbonyl (C=O) groups is 2. The van der Waals surface area contributed by atoms with Crippen LogP contribution in [-0.2, 0) is 14.3 Å². The van der Waals surface area contributed by atoms with E-state index in [1.54, 1.807) is 0 Å². The molecule has 1 heterocycles. The zero-order chi connectivity index (χ0) is 22.5. The van der Waals surface area contributed by atoms with Crippen molar-refractivity contribution in [1.82, 2.24) is 14.8 Å². The third-order valence-electron chi connectivity index (χ3n) is 5.78. The molecule has 3 atom stereocenters. The maximum absolute atomic E-state index is 12.6. The SMILES string of the molecule is CC(=O)Nc1cccc(-n2c(C)nnc2SCC(=O)OC2CC(C)CCC2C(C)C)c1.